The van der Waals surface area contributed by atoms with Gasteiger partial charge in [-0.2, -0.15) is 30.7 Å². The van der Waals surface area contributed by atoms with E-state index in [4.69, 9.17) is 4.74 Å². The van der Waals surface area contributed by atoms with Crippen LogP contribution in [0.15, 0.2) is 128 Å². The molecule has 0 aromatic heterocycles. The molecule has 8 nitrogen and oxygen atoms in total. The van der Waals surface area contributed by atoms with Crippen molar-refractivity contribution in [1.29, 1.82) is 0 Å². The van der Waals surface area contributed by atoms with Crippen LogP contribution in [-0.4, -0.2) is 19.7 Å². The van der Waals surface area contributed by atoms with Gasteiger partial charge in [0.05, 0.1) is 40.7 Å². The third-order valence-corrected chi connectivity index (χ3v) is 7.20. The van der Waals surface area contributed by atoms with Crippen LogP contribution in [0.1, 0.15) is 54.4 Å². The third kappa shape index (κ3) is 11.4. The molecule has 4 aromatic rings. The van der Waals surface area contributed by atoms with E-state index in [0.29, 0.717) is 17.9 Å². The number of hydrogen-bond acceptors (Lipinski definition) is 8. The summed E-state index contributed by atoms with van der Waals surface area (Å²) < 4.78 is 5.92. The Morgan fingerprint density at radius 1 is 0.556 bits per heavy atom. The molecule has 1 unspecified atom stereocenters. The summed E-state index contributed by atoms with van der Waals surface area (Å²) in [5.74, 6) is 1.48. The number of benzene rings is 4. The lowest BCUT2D eigenvalue weighted by Crippen LogP contribution is -2.21. The van der Waals surface area contributed by atoms with Crippen molar-refractivity contribution in [3.63, 3.8) is 0 Å². The van der Waals surface area contributed by atoms with E-state index in [1.165, 1.54) is 12.1 Å². The van der Waals surface area contributed by atoms with Gasteiger partial charge in [-0.05, 0) is 135 Å². The first kappa shape index (κ1) is 33.2. The van der Waals surface area contributed by atoms with Gasteiger partial charge in [0.15, 0.2) is 0 Å². The van der Waals surface area contributed by atoms with Crippen molar-refractivity contribution in [3.8, 4) is 5.75 Å². The quantitative estimate of drug-likeness (QED) is 0.134. The van der Waals surface area contributed by atoms with Gasteiger partial charge in [-0.25, -0.2) is 0 Å². The zero-order valence-electron chi connectivity index (χ0n) is 27.4. The Balaban J connectivity index is 1.24. The lowest BCUT2D eigenvalue weighted by atomic mass is 9.84. The van der Waals surface area contributed by atoms with Crippen molar-refractivity contribution in [2.75, 3.05) is 24.6 Å². The molecule has 45 heavy (non-hydrogen) atoms. The fraction of sp³-hybridized carbons (Fsp3) is 0.351. The largest absolute Gasteiger partial charge is 0.494 e. The lowest BCUT2D eigenvalue weighted by molar-refractivity contribution is 0.240. The van der Waals surface area contributed by atoms with Crippen molar-refractivity contribution < 1.29 is 4.74 Å². The maximum absolute atomic E-state index is 5.92. The maximum Gasteiger partial charge on any atom is 0.119 e. The normalized spacial score (nSPS) is 12.8. The predicted octanol–water partition coefficient (Wildman–Crippen LogP) is 12.6. The molecule has 0 aliphatic rings. The molecule has 4 aromatic carbocycles. The molecule has 0 radical (unpaired) electrons. The number of hydrogen-bond donors (Lipinski definition) is 0. The molecule has 0 saturated carbocycles. The van der Waals surface area contributed by atoms with Gasteiger partial charge < -0.3 is 9.64 Å². The van der Waals surface area contributed by atoms with Crippen LogP contribution in [0.3, 0.4) is 0 Å². The number of rotatable bonds is 14. The Morgan fingerprint density at radius 3 is 1.22 bits per heavy atom. The standard InChI is InChI=1S/C37H45N7O/c1-7-44(8-2)35-21-17-33(18-22-35)42-40-31-13-9-29(10-14-31)38-39-30-11-15-32(16-12-30)41-43-34-19-23-36(24-20-34)45-26-25-28(3)27-37(4,5)6/h9-24,28H,7-8,25-27H2,1-6H3/b39-38+,42-40+,43-41+. The van der Waals surface area contributed by atoms with E-state index in [0.717, 1.165) is 59.4 Å². The SMILES string of the molecule is CCN(CC)c1ccc(/N=N/c2ccc(/N=N/c3ccc(/N=N/c4ccc(OCCC(C)CC(C)(C)C)cc4)cc3)cc2)cc1. The summed E-state index contributed by atoms with van der Waals surface area (Å²) in [5.41, 5.74) is 6.05. The van der Waals surface area contributed by atoms with Gasteiger partial charge >= 0.3 is 0 Å². The number of ether oxygens (including phenoxy) is 1. The van der Waals surface area contributed by atoms with Gasteiger partial charge in [0, 0.05) is 18.8 Å². The van der Waals surface area contributed by atoms with Gasteiger partial charge in [0.1, 0.15) is 5.75 Å². The van der Waals surface area contributed by atoms with E-state index in [1.807, 2.05) is 84.9 Å². The zero-order valence-corrected chi connectivity index (χ0v) is 27.4. The van der Waals surface area contributed by atoms with E-state index in [2.05, 4.69) is 89.3 Å². The number of azo groups is 3. The van der Waals surface area contributed by atoms with Crippen molar-refractivity contribution in [2.24, 2.45) is 42.0 Å². The van der Waals surface area contributed by atoms with Crippen LogP contribution in [0.2, 0.25) is 0 Å². The van der Waals surface area contributed by atoms with Crippen molar-refractivity contribution in [2.45, 2.75) is 54.4 Å². The Labute approximate surface area is 268 Å². The zero-order chi connectivity index (χ0) is 32.1. The van der Waals surface area contributed by atoms with Gasteiger partial charge in [0.25, 0.3) is 0 Å². The summed E-state index contributed by atoms with van der Waals surface area (Å²) in [7, 11) is 0. The molecule has 0 heterocycles. The molecule has 0 fully saturated rings. The summed E-state index contributed by atoms with van der Waals surface area (Å²) in [6.45, 7) is 16.1. The maximum atomic E-state index is 5.92. The molecule has 0 saturated heterocycles. The fourth-order valence-corrected chi connectivity index (χ4v) is 4.97. The number of nitrogens with zero attached hydrogens (tertiary/aromatic N) is 7. The average Bonchev–Trinajstić information content (AvgIpc) is 3.04. The summed E-state index contributed by atoms with van der Waals surface area (Å²) in [4.78, 5) is 2.29. The van der Waals surface area contributed by atoms with Gasteiger partial charge in [0.2, 0.25) is 0 Å². The molecule has 4 rings (SSSR count). The summed E-state index contributed by atoms with van der Waals surface area (Å²) >= 11 is 0. The summed E-state index contributed by atoms with van der Waals surface area (Å²) in [6.07, 6.45) is 2.23. The van der Waals surface area contributed by atoms with Gasteiger partial charge in [-0.15, -0.1) is 0 Å². The second kappa shape index (κ2) is 16.4. The monoisotopic (exact) mass is 603 g/mol. The van der Waals surface area contributed by atoms with Crippen LogP contribution < -0.4 is 9.64 Å². The first-order chi connectivity index (χ1) is 21.7. The smallest absolute Gasteiger partial charge is 0.119 e. The van der Waals surface area contributed by atoms with Crippen LogP contribution >= 0.6 is 0 Å². The lowest BCUT2D eigenvalue weighted by Gasteiger charge is -2.23. The highest BCUT2D eigenvalue weighted by Crippen LogP contribution is 2.28. The van der Waals surface area contributed by atoms with Crippen molar-refractivity contribution in [3.05, 3.63) is 97.1 Å². The molecule has 0 spiro atoms. The second-order valence-corrected chi connectivity index (χ2v) is 12.3. The third-order valence-electron chi connectivity index (χ3n) is 7.20. The van der Waals surface area contributed by atoms with Crippen LogP contribution in [0.5, 0.6) is 5.75 Å². The highest BCUT2D eigenvalue weighted by atomic mass is 16.5. The Kier molecular flexibility index (Phi) is 12.1. The predicted molar refractivity (Wildman–Crippen MR) is 185 cm³/mol. The molecule has 8 heteroatoms. The summed E-state index contributed by atoms with van der Waals surface area (Å²) in [5, 5.41) is 26.1. The molecule has 234 valence electrons. The Hall–Kier alpha value is -4.72. The highest BCUT2D eigenvalue weighted by molar-refractivity contribution is 5.53. The van der Waals surface area contributed by atoms with E-state index < -0.39 is 0 Å². The first-order valence-corrected chi connectivity index (χ1v) is 15.7. The van der Waals surface area contributed by atoms with Crippen molar-refractivity contribution in [1.82, 2.24) is 0 Å². The first-order valence-electron chi connectivity index (χ1n) is 15.7. The summed E-state index contributed by atoms with van der Waals surface area (Å²) in [6, 6.07) is 30.8. The topological polar surface area (TPSA) is 86.6 Å². The van der Waals surface area contributed by atoms with E-state index in [1.54, 1.807) is 0 Å². The second-order valence-electron chi connectivity index (χ2n) is 12.3. The van der Waals surface area contributed by atoms with Crippen LogP contribution in [0.25, 0.3) is 0 Å². The van der Waals surface area contributed by atoms with Gasteiger partial charge in [-0.3, -0.25) is 0 Å². The Morgan fingerprint density at radius 2 is 0.889 bits per heavy atom. The molecular weight excluding hydrogens is 558 g/mol. The molecular formula is C37H45N7O. The minimum Gasteiger partial charge on any atom is -0.494 e. The Bertz CT molecular complexity index is 1530. The van der Waals surface area contributed by atoms with Crippen LogP contribution in [0, 0.1) is 11.3 Å². The van der Waals surface area contributed by atoms with Crippen LogP contribution in [-0.2, 0) is 0 Å². The molecule has 0 amide bonds. The van der Waals surface area contributed by atoms with E-state index in [-0.39, 0.29) is 0 Å². The van der Waals surface area contributed by atoms with Gasteiger partial charge in [-0.1, -0.05) is 27.7 Å². The minimum absolute atomic E-state index is 0.346. The molecule has 1 atom stereocenters. The fourth-order valence-electron chi connectivity index (χ4n) is 4.97. The minimum atomic E-state index is 0.346. The van der Waals surface area contributed by atoms with Crippen LogP contribution in [0.4, 0.5) is 39.8 Å². The molecule has 0 N–H and O–H groups in total. The molecule has 0 aliphatic carbocycles. The van der Waals surface area contributed by atoms with E-state index in [9.17, 15) is 0 Å². The average molecular weight is 604 g/mol. The van der Waals surface area contributed by atoms with Crippen molar-refractivity contribution >= 4 is 39.8 Å². The molecule has 0 bridgehead atoms. The highest BCUT2D eigenvalue weighted by Gasteiger charge is 2.15. The molecule has 0 aliphatic heterocycles. The van der Waals surface area contributed by atoms with E-state index >= 15 is 0 Å². The number of anilines is 1.